The van der Waals surface area contributed by atoms with Crippen LogP contribution in [0.2, 0.25) is 5.02 Å². The van der Waals surface area contributed by atoms with Gasteiger partial charge in [0.2, 0.25) is 0 Å². The van der Waals surface area contributed by atoms with Crippen LogP contribution in [0.4, 0.5) is 0 Å². The third-order valence-electron chi connectivity index (χ3n) is 2.85. The standard InChI is InChI=1S/C16H15ClO4/c1-11-9-14(5-6-15(11)16(18)19)21-8-7-20-13-4-2-3-12(17)10-13/h2-6,9-10H,7-8H2,1H3,(H,18,19). The fourth-order valence-corrected chi connectivity index (χ4v) is 2.02. The fourth-order valence-electron chi connectivity index (χ4n) is 1.84. The molecule has 5 heteroatoms. The first kappa shape index (κ1) is 15.2. The maximum Gasteiger partial charge on any atom is 0.335 e. The van der Waals surface area contributed by atoms with Crippen molar-refractivity contribution in [3.8, 4) is 11.5 Å². The molecule has 0 unspecified atom stereocenters. The zero-order chi connectivity index (χ0) is 15.2. The van der Waals surface area contributed by atoms with Crippen LogP contribution in [0.5, 0.6) is 11.5 Å². The SMILES string of the molecule is Cc1cc(OCCOc2cccc(Cl)c2)ccc1C(=O)O. The van der Waals surface area contributed by atoms with Crippen LogP contribution in [0, 0.1) is 6.92 Å². The monoisotopic (exact) mass is 306 g/mol. The summed E-state index contributed by atoms with van der Waals surface area (Å²) in [6.45, 7) is 2.47. The van der Waals surface area contributed by atoms with Gasteiger partial charge in [-0.25, -0.2) is 4.79 Å². The van der Waals surface area contributed by atoms with E-state index in [-0.39, 0.29) is 5.56 Å². The average Bonchev–Trinajstić information content (AvgIpc) is 2.43. The molecule has 21 heavy (non-hydrogen) atoms. The van der Waals surface area contributed by atoms with Crippen molar-refractivity contribution in [3.05, 3.63) is 58.6 Å². The van der Waals surface area contributed by atoms with E-state index in [0.29, 0.717) is 35.3 Å². The molecule has 0 aliphatic heterocycles. The molecular weight excluding hydrogens is 292 g/mol. The molecule has 0 aliphatic carbocycles. The largest absolute Gasteiger partial charge is 0.490 e. The zero-order valence-corrected chi connectivity index (χ0v) is 12.3. The van der Waals surface area contributed by atoms with Crippen molar-refractivity contribution in [2.75, 3.05) is 13.2 Å². The molecule has 2 aromatic rings. The molecule has 2 rings (SSSR count). The number of carboxylic acid groups (broad SMARTS) is 1. The van der Waals surface area contributed by atoms with Gasteiger partial charge in [0.15, 0.2) is 0 Å². The van der Waals surface area contributed by atoms with E-state index in [9.17, 15) is 4.79 Å². The lowest BCUT2D eigenvalue weighted by atomic mass is 10.1. The number of aromatic carboxylic acids is 1. The second kappa shape index (κ2) is 6.99. The average molecular weight is 307 g/mol. The quantitative estimate of drug-likeness (QED) is 0.825. The van der Waals surface area contributed by atoms with Gasteiger partial charge < -0.3 is 14.6 Å². The lowest BCUT2D eigenvalue weighted by molar-refractivity contribution is 0.0696. The van der Waals surface area contributed by atoms with Crippen molar-refractivity contribution in [1.82, 2.24) is 0 Å². The molecule has 4 nitrogen and oxygen atoms in total. The number of rotatable bonds is 6. The Morgan fingerprint density at radius 2 is 1.76 bits per heavy atom. The van der Waals surface area contributed by atoms with Gasteiger partial charge in [-0.2, -0.15) is 0 Å². The third kappa shape index (κ3) is 4.39. The zero-order valence-electron chi connectivity index (χ0n) is 11.5. The van der Waals surface area contributed by atoms with E-state index in [1.54, 1.807) is 31.2 Å². The lowest BCUT2D eigenvalue weighted by Gasteiger charge is -2.10. The van der Waals surface area contributed by atoms with Crippen LogP contribution in [-0.2, 0) is 0 Å². The van der Waals surface area contributed by atoms with Gasteiger partial charge in [0.1, 0.15) is 24.7 Å². The molecule has 0 spiro atoms. The number of halogens is 1. The summed E-state index contributed by atoms with van der Waals surface area (Å²) in [4.78, 5) is 10.9. The molecular formula is C16H15ClO4. The summed E-state index contributed by atoms with van der Waals surface area (Å²) >= 11 is 5.85. The summed E-state index contributed by atoms with van der Waals surface area (Å²) in [6.07, 6.45) is 0. The van der Waals surface area contributed by atoms with E-state index in [4.69, 9.17) is 26.2 Å². The molecule has 110 valence electrons. The lowest BCUT2D eigenvalue weighted by Crippen LogP contribution is -2.09. The van der Waals surface area contributed by atoms with Crippen molar-refractivity contribution in [2.24, 2.45) is 0 Å². The molecule has 0 amide bonds. The number of carbonyl (C=O) groups is 1. The highest BCUT2D eigenvalue weighted by Crippen LogP contribution is 2.18. The summed E-state index contributed by atoms with van der Waals surface area (Å²) in [7, 11) is 0. The van der Waals surface area contributed by atoms with Gasteiger partial charge in [-0.15, -0.1) is 0 Å². The van der Waals surface area contributed by atoms with E-state index >= 15 is 0 Å². The maximum atomic E-state index is 10.9. The fraction of sp³-hybridized carbons (Fsp3) is 0.188. The second-order valence-corrected chi connectivity index (χ2v) is 4.87. The predicted molar refractivity (Wildman–Crippen MR) is 80.6 cm³/mol. The maximum absolute atomic E-state index is 10.9. The number of aryl methyl sites for hydroxylation is 1. The second-order valence-electron chi connectivity index (χ2n) is 4.44. The molecule has 0 atom stereocenters. The van der Waals surface area contributed by atoms with Crippen LogP contribution in [-0.4, -0.2) is 24.3 Å². The number of benzene rings is 2. The molecule has 1 N–H and O–H groups in total. The van der Waals surface area contributed by atoms with Gasteiger partial charge in [-0.1, -0.05) is 17.7 Å². The molecule has 0 aliphatic rings. The Morgan fingerprint density at radius 3 is 2.33 bits per heavy atom. The van der Waals surface area contributed by atoms with E-state index in [1.165, 1.54) is 6.07 Å². The van der Waals surface area contributed by atoms with Crippen LogP contribution >= 0.6 is 11.6 Å². The topological polar surface area (TPSA) is 55.8 Å². The summed E-state index contributed by atoms with van der Waals surface area (Å²) in [5.74, 6) is 0.360. The molecule has 0 radical (unpaired) electrons. The smallest absolute Gasteiger partial charge is 0.335 e. The van der Waals surface area contributed by atoms with E-state index in [0.717, 1.165) is 0 Å². The first-order chi connectivity index (χ1) is 10.1. The van der Waals surface area contributed by atoms with Gasteiger partial charge in [-0.05, 0) is 48.9 Å². The van der Waals surface area contributed by atoms with Crippen molar-refractivity contribution in [2.45, 2.75) is 6.92 Å². The normalized spacial score (nSPS) is 10.2. The molecule has 0 fully saturated rings. The predicted octanol–water partition coefficient (Wildman–Crippen LogP) is 3.80. The minimum Gasteiger partial charge on any atom is -0.490 e. The third-order valence-corrected chi connectivity index (χ3v) is 3.08. The van der Waals surface area contributed by atoms with Gasteiger partial charge >= 0.3 is 5.97 Å². The highest BCUT2D eigenvalue weighted by molar-refractivity contribution is 6.30. The van der Waals surface area contributed by atoms with Gasteiger partial charge in [0.25, 0.3) is 0 Å². The Kier molecular flexibility index (Phi) is 5.06. The summed E-state index contributed by atoms with van der Waals surface area (Å²) in [5, 5.41) is 9.57. The number of hydrogen-bond acceptors (Lipinski definition) is 3. The van der Waals surface area contributed by atoms with Crippen molar-refractivity contribution >= 4 is 17.6 Å². The van der Waals surface area contributed by atoms with Gasteiger partial charge in [-0.3, -0.25) is 0 Å². The Balaban J connectivity index is 1.84. The van der Waals surface area contributed by atoms with Crippen molar-refractivity contribution in [1.29, 1.82) is 0 Å². The summed E-state index contributed by atoms with van der Waals surface area (Å²) in [6, 6.07) is 12.0. The minimum atomic E-state index is -0.941. The highest BCUT2D eigenvalue weighted by atomic mass is 35.5. The molecule has 0 saturated heterocycles. The number of ether oxygens (including phenoxy) is 2. The summed E-state index contributed by atoms with van der Waals surface area (Å²) < 4.78 is 11.0. The molecule has 0 bridgehead atoms. The van der Waals surface area contributed by atoms with Crippen LogP contribution in [0.3, 0.4) is 0 Å². The van der Waals surface area contributed by atoms with Crippen LogP contribution in [0.15, 0.2) is 42.5 Å². The molecule has 0 aromatic heterocycles. The Hall–Kier alpha value is -2.20. The van der Waals surface area contributed by atoms with Crippen LogP contribution in [0.25, 0.3) is 0 Å². The van der Waals surface area contributed by atoms with Gasteiger partial charge in [0.05, 0.1) is 5.56 Å². The minimum absolute atomic E-state index is 0.275. The first-order valence-corrected chi connectivity index (χ1v) is 6.79. The molecule has 0 heterocycles. The Bertz CT molecular complexity index is 640. The first-order valence-electron chi connectivity index (χ1n) is 6.41. The van der Waals surface area contributed by atoms with E-state index in [1.807, 2.05) is 12.1 Å². The van der Waals surface area contributed by atoms with E-state index < -0.39 is 5.97 Å². The Labute approximate surface area is 127 Å². The van der Waals surface area contributed by atoms with Crippen molar-refractivity contribution < 1.29 is 19.4 Å². The van der Waals surface area contributed by atoms with Crippen molar-refractivity contribution in [3.63, 3.8) is 0 Å². The number of carboxylic acids is 1. The summed E-state index contributed by atoms with van der Waals surface area (Å²) in [5.41, 5.74) is 0.938. The van der Waals surface area contributed by atoms with E-state index in [2.05, 4.69) is 0 Å². The number of hydrogen-bond donors (Lipinski definition) is 1. The van der Waals surface area contributed by atoms with Crippen LogP contribution < -0.4 is 9.47 Å². The molecule has 0 saturated carbocycles. The van der Waals surface area contributed by atoms with Gasteiger partial charge in [0, 0.05) is 5.02 Å². The van der Waals surface area contributed by atoms with Crippen LogP contribution in [0.1, 0.15) is 15.9 Å². The highest BCUT2D eigenvalue weighted by Gasteiger charge is 2.07. The molecule has 2 aromatic carbocycles. The Morgan fingerprint density at radius 1 is 1.10 bits per heavy atom.